The van der Waals surface area contributed by atoms with Crippen molar-refractivity contribution < 1.29 is 0 Å². The highest BCUT2D eigenvalue weighted by molar-refractivity contribution is 9.11. The topological polar surface area (TPSA) is 17.8 Å². The van der Waals surface area contributed by atoms with Crippen molar-refractivity contribution in [2.45, 2.75) is 13.8 Å². The van der Waals surface area contributed by atoms with Gasteiger partial charge in [-0.3, -0.25) is 0 Å². The smallest absolute Gasteiger partial charge is 0.0600 e. The minimum atomic E-state index is 1.04. The van der Waals surface area contributed by atoms with Gasteiger partial charge in [0.25, 0.3) is 0 Å². The van der Waals surface area contributed by atoms with Gasteiger partial charge >= 0.3 is 0 Å². The van der Waals surface area contributed by atoms with E-state index in [0.717, 1.165) is 11.4 Å². The third-order valence-corrected chi connectivity index (χ3v) is 1.48. The molecule has 0 aliphatic carbocycles. The van der Waals surface area contributed by atoms with Gasteiger partial charge in [0.05, 0.1) is 5.69 Å². The van der Waals surface area contributed by atoms with Crippen LogP contribution in [0.15, 0.2) is 11.1 Å². The molecule has 3 heteroatoms. The SMILES string of the molecule is Cc1cc(C)n(/C=C/Br)n1. The second-order valence-corrected chi connectivity index (χ2v) is 2.68. The zero-order valence-corrected chi connectivity index (χ0v) is 7.59. The average Bonchev–Trinajstić information content (AvgIpc) is 2.13. The molecule has 54 valence electrons. The normalized spacial score (nSPS) is 11.1. The van der Waals surface area contributed by atoms with Gasteiger partial charge in [0.2, 0.25) is 0 Å². The first-order chi connectivity index (χ1) is 4.74. The van der Waals surface area contributed by atoms with Gasteiger partial charge in [-0.25, -0.2) is 4.68 Å². The number of hydrogen-bond acceptors (Lipinski definition) is 1. The van der Waals surface area contributed by atoms with Crippen molar-refractivity contribution in [3.63, 3.8) is 0 Å². The lowest BCUT2D eigenvalue weighted by atomic mass is 10.4. The highest BCUT2D eigenvalue weighted by atomic mass is 79.9. The Hall–Kier alpha value is -0.570. The average molecular weight is 201 g/mol. The zero-order valence-electron chi connectivity index (χ0n) is 6.00. The quantitative estimate of drug-likeness (QED) is 0.681. The standard InChI is InChI=1S/C7H9BrN2/c1-6-5-7(2)10(9-6)4-3-8/h3-5H,1-2H3/b4-3+. The van der Waals surface area contributed by atoms with Crippen LogP contribution in [0.4, 0.5) is 0 Å². The molecule has 2 nitrogen and oxygen atoms in total. The van der Waals surface area contributed by atoms with Gasteiger partial charge in [-0.1, -0.05) is 15.9 Å². The molecule has 0 atom stereocenters. The van der Waals surface area contributed by atoms with Crippen molar-refractivity contribution in [1.29, 1.82) is 0 Å². The van der Waals surface area contributed by atoms with E-state index in [1.165, 1.54) is 0 Å². The molecule has 0 bridgehead atoms. The van der Waals surface area contributed by atoms with Gasteiger partial charge in [-0.05, 0) is 24.9 Å². The largest absolute Gasteiger partial charge is 0.245 e. The second-order valence-electron chi connectivity index (χ2n) is 2.15. The molecule has 10 heavy (non-hydrogen) atoms. The summed E-state index contributed by atoms with van der Waals surface area (Å²) in [7, 11) is 0. The van der Waals surface area contributed by atoms with E-state index in [9.17, 15) is 0 Å². The van der Waals surface area contributed by atoms with Crippen LogP contribution in [-0.2, 0) is 0 Å². The third-order valence-electron chi connectivity index (χ3n) is 1.24. The van der Waals surface area contributed by atoms with Gasteiger partial charge in [0.15, 0.2) is 0 Å². The fourth-order valence-corrected chi connectivity index (χ4v) is 1.07. The van der Waals surface area contributed by atoms with Crippen molar-refractivity contribution in [3.05, 3.63) is 22.4 Å². The molecule has 0 radical (unpaired) electrons. The Balaban J connectivity index is 3.03. The van der Waals surface area contributed by atoms with E-state index >= 15 is 0 Å². The number of aryl methyl sites for hydroxylation is 2. The summed E-state index contributed by atoms with van der Waals surface area (Å²) in [6.07, 6.45) is 1.86. The molecule has 1 rings (SSSR count). The molecule has 0 aliphatic rings. The molecule has 0 N–H and O–H groups in total. The van der Waals surface area contributed by atoms with Crippen LogP contribution in [0.3, 0.4) is 0 Å². The van der Waals surface area contributed by atoms with Gasteiger partial charge < -0.3 is 0 Å². The summed E-state index contributed by atoms with van der Waals surface area (Å²) in [6.45, 7) is 4.00. The van der Waals surface area contributed by atoms with Crippen molar-refractivity contribution in [3.8, 4) is 0 Å². The van der Waals surface area contributed by atoms with E-state index in [0.29, 0.717) is 0 Å². The maximum Gasteiger partial charge on any atom is 0.0600 e. The molecule has 1 aromatic heterocycles. The number of aromatic nitrogens is 2. The van der Waals surface area contributed by atoms with Crippen LogP contribution in [0.2, 0.25) is 0 Å². The molecule has 0 amide bonds. The van der Waals surface area contributed by atoms with Gasteiger partial charge in [-0.15, -0.1) is 0 Å². The first kappa shape index (κ1) is 7.54. The predicted molar refractivity (Wildman–Crippen MR) is 46.0 cm³/mol. The summed E-state index contributed by atoms with van der Waals surface area (Å²) < 4.78 is 1.82. The summed E-state index contributed by atoms with van der Waals surface area (Å²) in [5.74, 6) is 0. The lowest BCUT2D eigenvalue weighted by Gasteiger charge is -1.91. The number of hydrogen-bond donors (Lipinski definition) is 0. The molecule has 1 aromatic rings. The first-order valence-electron chi connectivity index (χ1n) is 3.03. The van der Waals surface area contributed by atoms with Gasteiger partial charge in [0.1, 0.15) is 0 Å². The Kier molecular flexibility index (Phi) is 2.27. The molecule has 0 unspecified atom stereocenters. The van der Waals surface area contributed by atoms with E-state index in [1.54, 1.807) is 4.99 Å². The molecule has 0 fully saturated rings. The lowest BCUT2D eigenvalue weighted by molar-refractivity contribution is 0.882. The second kappa shape index (κ2) is 3.01. The summed E-state index contributed by atoms with van der Waals surface area (Å²) in [4.78, 5) is 1.78. The molecule has 0 saturated carbocycles. The van der Waals surface area contributed by atoms with Crippen LogP contribution in [0.5, 0.6) is 0 Å². The summed E-state index contributed by atoms with van der Waals surface area (Å²) in [5.41, 5.74) is 2.19. The van der Waals surface area contributed by atoms with Crippen LogP contribution >= 0.6 is 15.9 Å². The maximum absolute atomic E-state index is 4.20. The van der Waals surface area contributed by atoms with Crippen LogP contribution < -0.4 is 0 Å². The monoisotopic (exact) mass is 200 g/mol. The molecule has 0 aromatic carbocycles. The molecular formula is C7H9BrN2. The van der Waals surface area contributed by atoms with Gasteiger partial charge in [-0.2, -0.15) is 5.10 Å². The number of rotatable bonds is 1. The van der Waals surface area contributed by atoms with Crippen molar-refractivity contribution >= 4 is 22.1 Å². The minimum absolute atomic E-state index is 1.04. The summed E-state index contributed by atoms with van der Waals surface area (Å²) in [6, 6.07) is 2.03. The van der Waals surface area contributed by atoms with Crippen molar-refractivity contribution in [1.82, 2.24) is 9.78 Å². The predicted octanol–water partition coefficient (Wildman–Crippen LogP) is 2.32. The zero-order chi connectivity index (χ0) is 7.56. The fourth-order valence-electron chi connectivity index (χ4n) is 0.850. The molecule has 0 saturated heterocycles. The maximum atomic E-state index is 4.20. The molecule has 0 spiro atoms. The Morgan fingerprint density at radius 2 is 2.30 bits per heavy atom. The molecular weight excluding hydrogens is 192 g/mol. The Labute approximate surface area is 68.7 Å². The van der Waals surface area contributed by atoms with Crippen molar-refractivity contribution in [2.24, 2.45) is 0 Å². The van der Waals surface area contributed by atoms with Crippen molar-refractivity contribution in [2.75, 3.05) is 0 Å². The van der Waals surface area contributed by atoms with E-state index in [2.05, 4.69) is 21.0 Å². The third kappa shape index (κ3) is 1.48. The number of halogens is 1. The minimum Gasteiger partial charge on any atom is -0.245 e. The van der Waals surface area contributed by atoms with E-state index < -0.39 is 0 Å². The highest BCUT2D eigenvalue weighted by Gasteiger charge is 1.94. The summed E-state index contributed by atoms with van der Waals surface area (Å²) in [5, 5.41) is 4.20. The van der Waals surface area contributed by atoms with E-state index in [1.807, 2.05) is 30.8 Å². The Bertz CT molecular complexity index is 250. The van der Waals surface area contributed by atoms with Crippen LogP contribution in [-0.4, -0.2) is 9.78 Å². The van der Waals surface area contributed by atoms with Crippen LogP contribution in [0.1, 0.15) is 11.4 Å². The highest BCUT2D eigenvalue weighted by Crippen LogP contribution is 2.02. The van der Waals surface area contributed by atoms with Crippen LogP contribution in [0.25, 0.3) is 6.20 Å². The van der Waals surface area contributed by atoms with E-state index in [-0.39, 0.29) is 0 Å². The van der Waals surface area contributed by atoms with Crippen LogP contribution in [0, 0.1) is 13.8 Å². The Morgan fingerprint density at radius 3 is 2.70 bits per heavy atom. The fraction of sp³-hybridized carbons (Fsp3) is 0.286. The first-order valence-corrected chi connectivity index (χ1v) is 3.95. The summed E-state index contributed by atoms with van der Waals surface area (Å²) >= 11 is 3.19. The molecule has 0 aliphatic heterocycles. The lowest BCUT2D eigenvalue weighted by Crippen LogP contribution is -1.90. The van der Waals surface area contributed by atoms with E-state index in [4.69, 9.17) is 0 Å². The Morgan fingerprint density at radius 1 is 1.60 bits per heavy atom. The van der Waals surface area contributed by atoms with Gasteiger partial charge in [0, 0.05) is 11.9 Å². The molecule has 1 heterocycles. The number of nitrogens with zero attached hydrogens (tertiary/aromatic N) is 2.